The number of aromatic amines is 1. The Morgan fingerprint density at radius 1 is 1.19 bits per heavy atom. The molecule has 0 aliphatic carbocycles. The number of benzene rings is 1. The number of carbonyl (C=O) groups is 1. The number of rotatable bonds is 9. The van der Waals surface area contributed by atoms with Crippen LogP contribution in [0.5, 0.6) is 5.88 Å². The van der Waals surface area contributed by atoms with Gasteiger partial charge in [0.2, 0.25) is 11.7 Å². The largest absolute Gasteiger partial charge is 0.472 e. The van der Waals surface area contributed by atoms with Crippen LogP contribution in [0.1, 0.15) is 45.2 Å². The molecule has 3 N–H and O–H groups in total. The van der Waals surface area contributed by atoms with Crippen LogP contribution in [0, 0.1) is 5.82 Å². The van der Waals surface area contributed by atoms with Crippen LogP contribution in [-0.4, -0.2) is 64.8 Å². The van der Waals surface area contributed by atoms with Crippen molar-refractivity contribution in [2.45, 2.75) is 51.4 Å². The summed E-state index contributed by atoms with van der Waals surface area (Å²) in [5.41, 5.74) is 7.00. The number of hydrogen-bond donors (Lipinski definition) is 2. The van der Waals surface area contributed by atoms with Crippen LogP contribution in [-0.2, 0) is 43.6 Å². The first-order chi connectivity index (χ1) is 22.5. The van der Waals surface area contributed by atoms with Crippen LogP contribution in [0.3, 0.4) is 0 Å². The van der Waals surface area contributed by atoms with Crippen LogP contribution in [0.15, 0.2) is 36.5 Å². The molecule has 47 heavy (non-hydrogen) atoms. The van der Waals surface area contributed by atoms with E-state index >= 15 is 0 Å². The second-order valence-electron chi connectivity index (χ2n) is 11.3. The van der Waals surface area contributed by atoms with Gasteiger partial charge in [-0.1, -0.05) is 17.7 Å². The summed E-state index contributed by atoms with van der Waals surface area (Å²) >= 11 is 5.80. The summed E-state index contributed by atoms with van der Waals surface area (Å²) in [5, 5.41) is 7.85. The molecular weight excluding hydrogens is 646 g/mol. The van der Waals surface area contributed by atoms with Crippen molar-refractivity contribution in [2.24, 2.45) is 5.73 Å². The average molecular weight is 672 g/mol. The van der Waals surface area contributed by atoms with Crippen molar-refractivity contribution in [3.8, 4) is 17.4 Å². The van der Waals surface area contributed by atoms with Crippen LogP contribution in [0.2, 0.25) is 5.02 Å². The molecule has 5 aromatic rings. The molecule has 17 heteroatoms. The number of H-pyrrole nitrogens is 1. The SMILES string of the molecule is NC(=O)c1nnc(-c2cc3nc(CN4CCc5cc(C(F)(F)F)c(OCc6ccc(Cl)cc6F)nc5C4)n(CC4CCO4)c3cn2)[nH]1. The average Bonchev–Trinajstić information content (AvgIpc) is 3.62. The molecule has 1 saturated heterocycles. The lowest BCUT2D eigenvalue weighted by Crippen LogP contribution is -2.34. The van der Waals surface area contributed by atoms with Crippen molar-refractivity contribution in [3.05, 3.63) is 81.4 Å². The van der Waals surface area contributed by atoms with E-state index in [9.17, 15) is 22.4 Å². The first-order valence-corrected chi connectivity index (χ1v) is 15.0. The number of imidazole rings is 1. The number of nitrogens with two attached hydrogens (primary N) is 1. The summed E-state index contributed by atoms with van der Waals surface area (Å²) in [4.78, 5) is 29.9. The number of pyridine rings is 2. The minimum atomic E-state index is -4.72. The summed E-state index contributed by atoms with van der Waals surface area (Å²) in [7, 11) is 0. The van der Waals surface area contributed by atoms with Crippen molar-refractivity contribution in [2.75, 3.05) is 13.2 Å². The fraction of sp³-hybridized carbons (Fsp3) is 0.333. The van der Waals surface area contributed by atoms with Gasteiger partial charge in [0.1, 0.15) is 29.5 Å². The maximum atomic E-state index is 14.3. The minimum absolute atomic E-state index is 0.00736. The van der Waals surface area contributed by atoms with Gasteiger partial charge in [0.15, 0.2) is 5.82 Å². The molecule has 12 nitrogen and oxygen atoms in total. The number of amides is 1. The highest BCUT2D eigenvalue weighted by Crippen LogP contribution is 2.38. The van der Waals surface area contributed by atoms with E-state index in [4.69, 9.17) is 31.8 Å². The number of alkyl halides is 3. The number of primary amides is 1. The molecule has 0 spiro atoms. The Labute approximate surface area is 268 Å². The van der Waals surface area contributed by atoms with E-state index in [2.05, 4.69) is 25.1 Å². The second kappa shape index (κ2) is 12.2. The molecular formula is C30H26ClF4N9O3. The molecule has 1 aromatic carbocycles. The van der Waals surface area contributed by atoms with Crippen LogP contribution in [0.4, 0.5) is 17.6 Å². The number of carbonyl (C=O) groups excluding carboxylic acids is 1. The summed E-state index contributed by atoms with van der Waals surface area (Å²) in [6.07, 6.45) is -1.84. The van der Waals surface area contributed by atoms with E-state index < -0.39 is 36.0 Å². The lowest BCUT2D eigenvalue weighted by molar-refractivity contribution is -0.139. The molecule has 1 atom stereocenters. The quantitative estimate of drug-likeness (QED) is 0.217. The standard InChI is InChI=1S/C30H26ClF4N9O3/c31-17-2-1-16(20(32)8-17)14-47-29-19(30(33,34)35)7-15-3-5-43(12-23(15)39-29)13-25-38-21-9-22(27-40-28(26(36)45)42-41-27)37-10-24(21)44(25)11-18-4-6-46-18/h1-2,7-10,18H,3-6,11-14H2,(H2,36,45)(H,40,41,42). The van der Waals surface area contributed by atoms with Gasteiger partial charge >= 0.3 is 6.18 Å². The Bertz CT molecular complexity index is 1990. The Morgan fingerprint density at radius 3 is 2.72 bits per heavy atom. The van der Waals surface area contributed by atoms with Crippen molar-refractivity contribution in [1.82, 2.24) is 39.6 Å². The van der Waals surface area contributed by atoms with Crippen LogP contribution < -0.4 is 10.5 Å². The van der Waals surface area contributed by atoms with E-state index in [0.29, 0.717) is 61.0 Å². The summed E-state index contributed by atoms with van der Waals surface area (Å²) in [5.74, 6) is -1.19. The Hall–Kier alpha value is -4.67. The number of nitrogens with one attached hydrogen (secondary N) is 1. The third-order valence-electron chi connectivity index (χ3n) is 8.13. The van der Waals surface area contributed by atoms with Gasteiger partial charge in [0.25, 0.3) is 5.91 Å². The molecule has 6 heterocycles. The molecule has 2 aliphatic rings. The van der Waals surface area contributed by atoms with Gasteiger partial charge in [-0.2, -0.15) is 13.2 Å². The number of aromatic nitrogens is 7. The molecule has 2 aliphatic heterocycles. The molecule has 7 rings (SSSR count). The Balaban J connectivity index is 1.16. The predicted octanol–water partition coefficient (Wildman–Crippen LogP) is 4.45. The maximum absolute atomic E-state index is 14.3. The predicted molar refractivity (Wildman–Crippen MR) is 159 cm³/mol. The molecule has 1 amide bonds. The number of hydrogen-bond acceptors (Lipinski definition) is 9. The Kier molecular flexibility index (Phi) is 8.01. The van der Waals surface area contributed by atoms with Gasteiger partial charge in [-0.25, -0.2) is 14.4 Å². The van der Waals surface area contributed by atoms with Gasteiger partial charge in [-0.3, -0.25) is 14.7 Å². The van der Waals surface area contributed by atoms with E-state index in [0.717, 1.165) is 24.1 Å². The Morgan fingerprint density at radius 2 is 2.02 bits per heavy atom. The fourth-order valence-corrected chi connectivity index (χ4v) is 5.74. The fourth-order valence-electron chi connectivity index (χ4n) is 5.58. The zero-order chi connectivity index (χ0) is 32.9. The lowest BCUT2D eigenvalue weighted by Gasteiger charge is -2.30. The molecule has 0 bridgehead atoms. The van der Waals surface area contributed by atoms with Gasteiger partial charge in [0.05, 0.1) is 42.1 Å². The topological polar surface area (TPSA) is 150 Å². The number of halogens is 5. The third kappa shape index (κ3) is 6.35. The molecule has 4 aromatic heterocycles. The maximum Gasteiger partial charge on any atom is 0.421 e. The van der Waals surface area contributed by atoms with Gasteiger partial charge in [-0.05, 0) is 42.7 Å². The zero-order valence-electron chi connectivity index (χ0n) is 24.5. The van der Waals surface area contributed by atoms with Crippen LogP contribution >= 0.6 is 11.6 Å². The number of ether oxygens (including phenoxy) is 2. The van der Waals surface area contributed by atoms with Gasteiger partial charge < -0.3 is 24.8 Å². The molecule has 1 fully saturated rings. The second-order valence-corrected chi connectivity index (χ2v) is 11.7. The highest BCUT2D eigenvalue weighted by atomic mass is 35.5. The zero-order valence-corrected chi connectivity index (χ0v) is 25.3. The number of nitrogens with zero attached hydrogens (tertiary/aromatic N) is 7. The van der Waals surface area contributed by atoms with Crippen molar-refractivity contribution >= 4 is 28.5 Å². The molecule has 1 unspecified atom stereocenters. The van der Waals surface area contributed by atoms with E-state index in [1.165, 1.54) is 12.1 Å². The smallest absolute Gasteiger partial charge is 0.421 e. The van der Waals surface area contributed by atoms with E-state index in [1.54, 1.807) is 12.3 Å². The van der Waals surface area contributed by atoms with Crippen molar-refractivity contribution in [1.29, 1.82) is 0 Å². The minimum Gasteiger partial charge on any atom is -0.472 e. The van der Waals surface area contributed by atoms with Crippen LogP contribution in [0.25, 0.3) is 22.6 Å². The van der Waals surface area contributed by atoms with Crippen molar-refractivity contribution in [3.63, 3.8) is 0 Å². The molecule has 0 saturated carbocycles. The monoisotopic (exact) mass is 671 g/mol. The molecule has 0 radical (unpaired) electrons. The first kappa shape index (κ1) is 31.0. The van der Waals surface area contributed by atoms with Gasteiger partial charge in [-0.15, -0.1) is 10.2 Å². The summed E-state index contributed by atoms with van der Waals surface area (Å²) < 4.78 is 69.6. The normalized spacial score (nSPS) is 16.7. The van der Waals surface area contributed by atoms with Crippen molar-refractivity contribution < 1.29 is 31.8 Å². The lowest BCUT2D eigenvalue weighted by atomic mass is 10.0. The third-order valence-corrected chi connectivity index (χ3v) is 8.37. The van der Waals surface area contributed by atoms with Gasteiger partial charge in [0, 0.05) is 30.3 Å². The first-order valence-electron chi connectivity index (χ1n) is 14.6. The summed E-state index contributed by atoms with van der Waals surface area (Å²) in [6.45, 7) is 1.81. The molecule has 244 valence electrons. The highest BCUT2D eigenvalue weighted by Gasteiger charge is 2.37. The number of fused-ring (bicyclic) bond motifs is 2. The van der Waals surface area contributed by atoms with E-state index in [-0.39, 0.29) is 34.9 Å². The van der Waals surface area contributed by atoms with E-state index in [1.807, 2.05) is 9.47 Å². The highest BCUT2D eigenvalue weighted by molar-refractivity contribution is 6.30. The summed E-state index contributed by atoms with van der Waals surface area (Å²) in [6, 6.07) is 6.64.